The molecule has 2 fully saturated rings. The molecule has 5 rings (SSSR count). The van der Waals surface area contributed by atoms with E-state index in [2.05, 4.69) is 25.5 Å². The van der Waals surface area contributed by atoms with Crippen LogP contribution in [0.15, 0.2) is 24.3 Å². The van der Waals surface area contributed by atoms with Crippen molar-refractivity contribution in [2.75, 3.05) is 59.6 Å². The summed E-state index contributed by atoms with van der Waals surface area (Å²) in [5, 5.41) is 6.30. The van der Waals surface area contributed by atoms with Crippen LogP contribution in [-0.4, -0.2) is 64.2 Å². The minimum Gasteiger partial charge on any atom is -0.371 e. The molecule has 0 spiro atoms. The summed E-state index contributed by atoms with van der Waals surface area (Å²) in [5.41, 5.74) is 3.21. The second kappa shape index (κ2) is 9.87. The van der Waals surface area contributed by atoms with Crippen molar-refractivity contribution in [2.24, 2.45) is 5.92 Å². The van der Waals surface area contributed by atoms with Gasteiger partial charge in [-0.05, 0) is 56.7 Å². The number of piperidine rings is 1. The number of likely N-dealkylation sites (N-methyl/N-ethyl adjacent to an activating group) is 1. The molecule has 34 heavy (non-hydrogen) atoms. The van der Waals surface area contributed by atoms with Gasteiger partial charge in [0.2, 0.25) is 5.95 Å². The van der Waals surface area contributed by atoms with Crippen LogP contribution < -0.4 is 19.8 Å². The summed E-state index contributed by atoms with van der Waals surface area (Å²) in [6, 6.07) is 7.60. The van der Waals surface area contributed by atoms with Gasteiger partial charge in [-0.1, -0.05) is 6.42 Å². The monoisotopic (exact) mass is 483 g/mol. The van der Waals surface area contributed by atoms with Gasteiger partial charge in [0, 0.05) is 51.5 Å². The van der Waals surface area contributed by atoms with E-state index in [-0.39, 0.29) is 5.91 Å². The number of carbonyl (C=O) groups is 1. The molecule has 2 atom stereocenters. The summed E-state index contributed by atoms with van der Waals surface area (Å²) in [6.45, 7) is 6.03. The van der Waals surface area contributed by atoms with E-state index in [4.69, 9.17) is 0 Å². The summed E-state index contributed by atoms with van der Waals surface area (Å²) in [5.74, 6) is 1.44. The Morgan fingerprint density at radius 3 is 2.74 bits per heavy atom. The van der Waals surface area contributed by atoms with Crippen LogP contribution in [0.5, 0.6) is 0 Å². The maximum Gasteiger partial charge on any atom is 0.258 e. The van der Waals surface area contributed by atoms with E-state index in [0.717, 1.165) is 62.5 Å². The fraction of sp³-hybridized carbons (Fsp3) is 0.542. The van der Waals surface area contributed by atoms with E-state index in [1.54, 1.807) is 6.07 Å². The minimum absolute atomic E-state index is 0.192. The first-order valence-corrected chi connectivity index (χ1v) is 13.2. The molecule has 1 amide bonds. The largest absolute Gasteiger partial charge is 0.371 e. The van der Waals surface area contributed by atoms with Gasteiger partial charge in [-0.2, -0.15) is 4.98 Å². The van der Waals surface area contributed by atoms with Crippen molar-refractivity contribution in [2.45, 2.75) is 39.0 Å². The molecule has 0 aliphatic carbocycles. The van der Waals surface area contributed by atoms with Gasteiger partial charge in [-0.3, -0.25) is 9.10 Å². The number of amides is 1. The third kappa shape index (κ3) is 4.88. The van der Waals surface area contributed by atoms with Crippen molar-refractivity contribution >= 4 is 40.2 Å². The normalized spacial score (nSPS) is 24.0. The maximum absolute atomic E-state index is 13.5. The number of nitrogens with one attached hydrogen (secondary N) is 2. The minimum atomic E-state index is -1.20. The van der Waals surface area contributed by atoms with Crippen molar-refractivity contribution < 1.29 is 9.00 Å². The summed E-state index contributed by atoms with van der Waals surface area (Å²) >= 11 is -1.20. The zero-order valence-corrected chi connectivity index (χ0v) is 20.7. The lowest BCUT2D eigenvalue weighted by Crippen LogP contribution is -2.37. The topological polar surface area (TPSA) is 93.7 Å². The summed E-state index contributed by atoms with van der Waals surface area (Å²) < 4.78 is 16.5. The Bertz CT molecular complexity index is 1090. The molecule has 2 saturated heterocycles. The highest BCUT2D eigenvalue weighted by molar-refractivity contribution is 7.84. The number of aromatic nitrogens is 2. The average Bonchev–Trinajstić information content (AvgIpc) is 3.16. The summed E-state index contributed by atoms with van der Waals surface area (Å²) in [4.78, 5) is 24.8. The van der Waals surface area contributed by atoms with Crippen molar-refractivity contribution in [3.8, 4) is 0 Å². The van der Waals surface area contributed by atoms with E-state index in [0.29, 0.717) is 29.8 Å². The first kappa shape index (κ1) is 23.0. The Labute approximate surface area is 203 Å². The Morgan fingerprint density at radius 2 is 1.91 bits per heavy atom. The Morgan fingerprint density at radius 1 is 1.06 bits per heavy atom. The van der Waals surface area contributed by atoms with Gasteiger partial charge in [0.15, 0.2) is 11.2 Å². The second-order valence-electron chi connectivity index (χ2n) is 9.43. The van der Waals surface area contributed by atoms with Crippen molar-refractivity contribution in [1.82, 2.24) is 14.3 Å². The molecule has 9 nitrogen and oxygen atoms in total. The Kier molecular flexibility index (Phi) is 6.69. The molecule has 4 heterocycles. The van der Waals surface area contributed by atoms with Gasteiger partial charge in [0.25, 0.3) is 5.91 Å². The third-order valence-corrected chi connectivity index (χ3v) is 8.35. The van der Waals surface area contributed by atoms with Crippen molar-refractivity contribution in [1.29, 1.82) is 0 Å². The third-order valence-electron chi connectivity index (χ3n) is 6.86. The van der Waals surface area contributed by atoms with Gasteiger partial charge >= 0.3 is 0 Å². The lowest BCUT2D eigenvalue weighted by Gasteiger charge is -2.36. The highest BCUT2D eigenvalue weighted by Gasteiger charge is 2.29. The number of carbonyl (C=O) groups excluding carboxylic acids is 1. The van der Waals surface area contributed by atoms with Gasteiger partial charge < -0.3 is 15.5 Å². The second-order valence-corrected chi connectivity index (χ2v) is 11.0. The predicted octanol–water partition coefficient (Wildman–Crippen LogP) is 3.18. The smallest absolute Gasteiger partial charge is 0.258 e. The standard InChI is InChI=1S/C24H33N7O2S/c1-17-14-22-27-23(32)20-9-8-19(31-13-12-29(2)34(31)33)15-21(20)30-11-5-7-18(16-30)6-3-4-10-25-24(26-17)28-22/h8-9,14-15,18H,3-7,10-13,16H2,1-2H3,(H2,25,26,27,28,32). The van der Waals surface area contributed by atoms with Crippen LogP contribution in [0.1, 0.15) is 48.2 Å². The van der Waals surface area contributed by atoms with Crippen LogP contribution in [0, 0.1) is 12.8 Å². The molecule has 10 heteroatoms. The molecule has 2 N–H and O–H groups in total. The number of nitrogens with zero attached hydrogens (tertiary/aromatic N) is 5. The summed E-state index contributed by atoms with van der Waals surface area (Å²) in [6.07, 6.45) is 5.70. The molecule has 2 aromatic rings. The molecule has 1 aromatic heterocycles. The number of rotatable bonds is 1. The number of anilines is 4. The first-order chi connectivity index (χ1) is 16.5. The SMILES string of the molecule is Cc1cc2nc(n1)NCCCCC1CCCN(C1)c1cc(N3CCN(C)S3=O)ccc1C(=O)N2. The van der Waals surface area contributed by atoms with Crippen LogP contribution in [0.4, 0.5) is 23.1 Å². The molecule has 2 unspecified atom stereocenters. The number of benzene rings is 1. The predicted molar refractivity (Wildman–Crippen MR) is 137 cm³/mol. The molecule has 3 aliphatic rings. The van der Waals surface area contributed by atoms with Crippen molar-refractivity contribution in [3.63, 3.8) is 0 Å². The quantitative estimate of drug-likeness (QED) is 0.647. The Balaban J connectivity index is 1.53. The van der Waals surface area contributed by atoms with E-state index in [1.165, 1.54) is 12.8 Å². The van der Waals surface area contributed by atoms with Crippen LogP contribution >= 0.6 is 0 Å². The average molecular weight is 484 g/mol. The lowest BCUT2D eigenvalue weighted by molar-refractivity contribution is 0.102. The molecule has 3 aliphatic heterocycles. The number of aryl methyl sites for hydroxylation is 1. The maximum atomic E-state index is 13.5. The van der Waals surface area contributed by atoms with Crippen LogP contribution in [0.3, 0.4) is 0 Å². The van der Waals surface area contributed by atoms with Gasteiger partial charge in [0.1, 0.15) is 5.82 Å². The fourth-order valence-corrected chi connectivity index (χ4v) is 6.18. The van der Waals surface area contributed by atoms with Gasteiger partial charge in [-0.25, -0.2) is 13.5 Å². The van der Waals surface area contributed by atoms with Crippen LogP contribution in [0.25, 0.3) is 0 Å². The molecule has 182 valence electrons. The van der Waals surface area contributed by atoms with Gasteiger partial charge in [-0.15, -0.1) is 0 Å². The molecule has 4 bridgehead atoms. The van der Waals surface area contributed by atoms with Crippen molar-refractivity contribution in [3.05, 3.63) is 35.5 Å². The molecule has 1 aromatic carbocycles. The van der Waals surface area contributed by atoms with E-state index in [1.807, 2.05) is 40.8 Å². The van der Waals surface area contributed by atoms with E-state index >= 15 is 0 Å². The highest BCUT2D eigenvalue weighted by atomic mass is 32.2. The number of hydrogen-bond donors (Lipinski definition) is 2. The number of fused-ring (bicyclic) bond motifs is 6. The van der Waals surface area contributed by atoms with Gasteiger partial charge in [0.05, 0.1) is 16.9 Å². The first-order valence-electron chi connectivity index (χ1n) is 12.2. The molecule has 0 saturated carbocycles. The van der Waals surface area contributed by atoms with E-state index < -0.39 is 11.2 Å². The molecular formula is C24H33N7O2S. The number of hydrogen-bond acceptors (Lipinski definition) is 6. The fourth-order valence-electron chi connectivity index (χ4n) is 5.08. The van der Waals surface area contributed by atoms with E-state index in [9.17, 15) is 9.00 Å². The van der Waals surface area contributed by atoms with Crippen LogP contribution in [-0.2, 0) is 11.2 Å². The summed E-state index contributed by atoms with van der Waals surface area (Å²) in [7, 11) is 1.87. The van der Waals surface area contributed by atoms with Crippen LogP contribution in [0.2, 0.25) is 0 Å². The lowest BCUT2D eigenvalue weighted by atomic mass is 9.92. The molecular weight excluding hydrogens is 450 g/mol. The Hall–Kier alpha value is -2.72. The zero-order chi connectivity index (χ0) is 23.7. The molecule has 0 radical (unpaired) electrons. The highest BCUT2D eigenvalue weighted by Crippen LogP contribution is 2.34. The zero-order valence-electron chi connectivity index (χ0n) is 19.9.